The average molecular weight is 379 g/mol. The topological polar surface area (TPSA) is 101 Å². The summed E-state index contributed by atoms with van der Waals surface area (Å²) in [5.41, 5.74) is 0. The number of aromatic nitrogens is 3. The van der Waals surface area contributed by atoms with Crippen molar-refractivity contribution < 1.29 is 17.9 Å². The summed E-state index contributed by atoms with van der Waals surface area (Å²) >= 11 is 0. The molecule has 2 aromatic rings. The first-order valence-electron chi connectivity index (χ1n) is 8.59. The molecule has 3 heterocycles. The van der Waals surface area contributed by atoms with Crippen LogP contribution in [-0.4, -0.2) is 72.2 Å². The van der Waals surface area contributed by atoms with Crippen molar-refractivity contribution in [3.63, 3.8) is 0 Å². The summed E-state index contributed by atoms with van der Waals surface area (Å²) in [6.45, 7) is 3.92. The van der Waals surface area contributed by atoms with Gasteiger partial charge in [-0.2, -0.15) is 9.40 Å². The van der Waals surface area contributed by atoms with Crippen LogP contribution in [0.4, 0.5) is 0 Å². The minimum Gasteiger partial charge on any atom is -0.486 e. The van der Waals surface area contributed by atoms with Crippen molar-refractivity contribution >= 4 is 10.0 Å². The summed E-state index contributed by atoms with van der Waals surface area (Å²) in [4.78, 5) is 6.55. The molecule has 1 fully saturated rings. The number of rotatable bonds is 4. The van der Waals surface area contributed by atoms with Crippen LogP contribution in [0.2, 0.25) is 0 Å². The van der Waals surface area contributed by atoms with Crippen LogP contribution in [0, 0.1) is 0 Å². The van der Waals surface area contributed by atoms with Crippen LogP contribution in [0.15, 0.2) is 29.4 Å². The summed E-state index contributed by atoms with van der Waals surface area (Å²) in [5.74, 6) is 1.86. The second-order valence-electron chi connectivity index (χ2n) is 6.27. The van der Waals surface area contributed by atoms with Gasteiger partial charge in [-0.25, -0.2) is 13.4 Å². The molecule has 26 heavy (non-hydrogen) atoms. The van der Waals surface area contributed by atoms with Crippen LogP contribution in [0.25, 0.3) is 0 Å². The summed E-state index contributed by atoms with van der Waals surface area (Å²) in [6.07, 6.45) is 2.24. The van der Waals surface area contributed by atoms with Gasteiger partial charge >= 0.3 is 0 Å². The Morgan fingerprint density at radius 1 is 1.08 bits per heavy atom. The van der Waals surface area contributed by atoms with Gasteiger partial charge in [-0.1, -0.05) is 0 Å². The van der Waals surface area contributed by atoms with Crippen LogP contribution in [0.1, 0.15) is 12.2 Å². The lowest BCUT2D eigenvalue weighted by atomic mass is 10.3. The zero-order valence-electron chi connectivity index (χ0n) is 14.3. The molecule has 0 amide bonds. The highest BCUT2D eigenvalue weighted by molar-refractivity contribution is 7.89. The van der Waals surface area contributed by atoms with Gasteiger partial charge in [-0.3, -0.25) is 10.00 Å². The third kappa shape index (κ3) is 3.53. The molecular formula is C16H21N5O4S. The fourth-order valence-electron chi connectivity index (χ4n) is 3.20. The smallest absolute Gasteiger partial charge is 0.243 e. The SMILES string of the molecule is O=S(=O)(c1ccc2c(c1)OCCO2)N1CCCN(Cc2ncn[nH]2)CC1. The average Bonchev–Trinajstić information content (AvgIpc) is 3.05. The fraction of sp³-hybridized carbons (Fsp3) is 0.500. The van der Waals surface area contributed by atoms with Crippen LogP contribution in [0.3, 0.4) is 0 Å². The van der Waals surface area contributed by atoms with Crippen molar-refractivity contribution in [2.24, 2.45) is 0 Å². The number of sulfonamides is 1. The van der Waals surface area contributed by atoms with E-state index in [0.29, 0.717) is 50.9 Å². The fourth-order valence-corrected chi connectivity index (χ4v) is 4.68. The first-order chi connectivity index (χ1) is 12.6. The first-order valence-corrected chi connectivity index (χ1v) is 10.0. The Hall–Kier alpha value is -2.17. The minimum absolute atomic E-state index is 0.241. The molecule has 1 aromatic carbocycles. The molecule has 2 aliphatic heterocycles. The van der Waals surface area contributed by atoms with E-state index in [0.717, 1.165) is 18.8 Å². The van der Waals surface area contributed by atoms with Crippen molar-refractivity contribution in [1.29, 1.82) is 0 Å². The van der Waals surface area contributed by atoms with Gasteiger partial charge in [0.25, 0.3) is 0 Å². The van der Waals surface area contributed by atoms with Gasteiger partial charge in [0.1, 0.15) is 25.4 Å². The zero-order chi connectivity index (χ0) is 18.0. The van der Waals surface area contributed by atoms with Crippen LogP contribution in [-0.2, 0) is 16.6 Å². The zero-order valence-corrected chi connectivity index (χ0v) is 15.1. The Morgan fingerprint density at radius 3 is 2.73 bits per heavy atom. The first kappa shape index (κ1) is 17.3. The number of nitrogens with one attached hydrogen (secondary N) is 1. The Kier molecular flexibility index (Phi) is 4.79. The van der Waals surface area contributed by atoms with Crippen LogP contribution < -0.4 is 9.47 Å². The van der Waals surface area contributed by atoms with Gasteiger partial charge in [-0.15, -0.1) is 0 Å². The molecule has 0 atom stereocenters. The monoisotopic (exact) mass is 379 g/mol. The van der Waals surface area contributed by atoms with Gasteiger partial charge in [0.15, 0.2) is 11.5 Å². The highest BCUT2D eigenvalue weighted by Crippen LogP contribution is 2.33. The van der Waals surface area contributed by atoms with Crippen molar-refractivity contribution in [2.75, 3.05) is 39.4 Å². The molecule has 1 aromatic heterocycles. The Morgan fingerprint density at radius 2 is 1.92 bits per heavy atom. The van der Waals surface area contributed by atoms with Crippen molar-refractivity contribution in [1.82, 2.24) is 24.4 Å². The number of H-pyrrole nitrogens is 1. The van der Waals surface area contributed by atoms with E-state index in [1.165, 1.54) is 6.33 Å². The highest BCUT2D eigenvalue weighted by Gasteiger charge is 2.28. The number of hydrogen-bond donors (Lipinski definition) is 1. The minimum atomic E-state index is -3.57. The quantitative estimate of drug-likeness (QED) is 0.824. The Balaban J connectivity index is 1.47. The van der Waals surface area contributed by atoms with E-state index in [1.807, 2.05) is 0 Å². The van der Waals surface area contributed by atoms with E-state index in [1.54, 1.807) is 22.5 Å². The number of benzene rings is 1. The highest BCUT2D eigenvalue weighted by atomic mass is 32.2. The molecule has 2 aliphatic rings. The molecule has 10 heteroatoms. The van der Waals surface area contributed by atoms with Gasteiger partial charge in [0, 0.05) is 25.7 Å². The van der Waals surface area contributed by atoms with E-state index in [4.69, 9.17) is 9.47 Å². The number of hydrogen-bond acceptors (Lipinski definition) is 7. The molecule has 1 N–H and O–H groups in total. The van der Waals surface area contributed by atoms with Crippen LogP contribution in [0.5, 0.6) is 11.5 Å². The Labute approximate surface area is 152 Å². The number of nitrogens with zero attached hydrogens (tertiary/aromatic N) is 4. The van der Waals surface area contributed by atoms with Crippen molar-refractivity contribution in [2.45, 2.75) is 17.9 Å². The molecule has 0 saturated carbocycles. The molecule has 9 nitrogen and oxygen atoms in total. The number of ether oxygens (including phenoxy) is 2. The molecule has 0 spiro atoms. The molecule has 0 bridgehead atoms. The van der Waals surface area contributed by atoms with E-state index in [2.05, 4.69) is 20.1 Å². The van der Waals surface area contributed by atoms with Gasteiger partial charge in [0.05, 0.1) is 11.4 Å². The van der Waals surface area contributed by atoms with Gasteiger partial charge in [0.2, 0.25) is 10.0 Å². The van der Waals surface area contributed by atoms with Gasteiger partial charge in [-0.05, 0) is 25.1 Å². The standard InChI is InChI=1S/C16H21N5O4S/c22-26(23,13-2-3-14-15(10-13)25-9-8-24-14)21-5-1-4-20(6-7-21)11-16-17-12-18-19-16/h2-3,10,12H,1,4-9,11H2,(H,17,18,19). The summed E-state index contributed by atoms with van der Waals surface area (Å²) < 4.78 is 38.6. The van der Waals surface area contributed by atoms with E-state index < -0.39 is 10.0 Å². The maximum atomic E-state index is 13.0. The van der Waals surface area contributed by atoms with Crippen LogP contribution >= 0.6 is 0 Å². The number of fused-ring (bicyclic) bond motifs is 1. The second kappa shape index (κ2) is 7.22. The summed E-state index contributed by atoms with van der Waals surface area (Å²) in [6, 6.07) is 4.80. The maximum Gasteiger partial charge on any atom is 0.243 e. The second-order valence-corrected chi connectivity index (χ2v) is 8.21. The third-order valence-electron chi connectivity index (χ3n) is 4.54. The Bertz CT molecular complexity index is 856. The largest absolute Gasteiger partial charge is 0.486 e. The number of aromatic amines is 1. The molecule has 4 rings (SSSR count). The van der Waals surface area contributed by atoms with E-state index in [-0.39, 0.29) is 4.90 Å². The molecular weight excluding hydrogens is 358 g/mol. The normalized spacial score (nSPS) is 19.2. The van der Waals surface area contributed by atoms with E-state index >= 15 is 0 Å². The molecule has 0 aliphatic carbocycles. The molecule has 140 valence electrons. The molecule has 0 unspecified atom stereocenters. The molecule has 1 saturated heterocycles. The predicted octanol–water partition coefficient (Wildman–Crippen LogP) is 0.472. The van der Waals surface area contributed by atoms with E-state index in [9.17, 15) is 8.42 Å². The lowest BCUT2D eigenvalue weighted by Gasteiger charge is -2.23. The predicted molar refractivity (Wildman–Crippen MR) is 92.5 cm³/mol. The maximum absolute atomic E-state index is 13.0. The van der Waals surface area contributed by atoms with Crippen molar-refractivity contribution in [3.8, 4) is 11.5 Å². The summed E-state index contributed by atoms with van der Waals surface area (Å²) in [7, 11) is -3.57. The van der Waals surface area contributed by atoms with Gasteiger partial charge < -0.3 is 9.47 Å². The lowest BCUT2D eigenvalue weighted by Crippen LogP contribution is -2.35. The molecule has 0 radical (unpaired) electrons. The lowest BCUT2D eigenvalue weighted by molar-refractivity contribution is 0.171. The summed E-state index contributed by atoms with van der Waals surface area (Å²) in [5, 5.41) is 6.69. The van der Waals surface area contributed by atoms with Crippen molar-refractivity contribution in [3.05, 3.63) is 30.4 Å². The third-order valence-corrected chi connectivity index (χ3v) is 6.43.